The molecule has 31 heavy (non-hydrogen) atoms. The number of nitrogens with one attached hydrogen (secondary N) is 1. The van der Waals surface area contributed by atoms with Crippen LogP contribution in [0, 0.1) is 0 Å². The van der Waals surface area contributed by atoms with E-state index in [-0.39, 0.29) is 23.9 Å². The minimum absolute atomic E-state index is 0.00174. The molecule has 0 saturated heterocycles. The highest BCUT2D eigenvalue weighted by Crippen LogP contribution is 2.33. The van der Waals surface area contributed by atoms with E-state index in [1.165, 1.54) is 0 Å². The first-order valence-electron chi connectivity index (χ1n) is 9.99. The molecule has 1 aliphatic rings. The SMILES string of the molecule is O=C(CNc1c(C(=O)c2ccccc2)oc2ccccc12)c1ccc2c(c1)OCCO2. The van der Waals surface area contributed by atoms with Gasteiger partial charge in [0.05, 0.1) is 12.2 Å². The van der Waals surface area contributed by atoms with Crippen LogP contribution in [0.3, 0.4) is 0 Å². The molecule has 0 atom stereocenters. The van der Waals surface area contributed by atoms with Gasteiger partial charge in [0.25, 0.3) is 0 Å². The molecule has 1 aliphatic heterocycles. The zero-order valence-electron chi connectivity index (χ0n) is 16.6. The number of fused-ring (bicyclic) bond motifs is 2. The fraction of sp³-hybridized carbons (Fsp3) is 0.120. The predicted octanol–water partition coefficient (Wildman–Crippen LogP) is 4.73. The molecule has 4 aromatic rings. The molecule has 3 aromatic carbocycles. The second-order valence-electron chi connectivity index (χ2n) is 7.13. The second kappa shape index (κ2) is 7.99. The first kappa shape index (κ1) is 18.9. The lowest BCUT2D eigenvalue weighted by atomic mass is 10.1. The van der Waals surface area contributed by atoms with E-state index in [2.05, 4.69) is 5.32 Å². The highest BCUT2D eigenvalue weighted by Gasteiger charge is 2.23. The van der Waals surface area contributed by atoms with E-state index < -0.39 is 0 Å². The summed E-state index contributed by atoms with van der Waals surface area (Å²) in [5.74, 6) is 0.993. The monoisotopic (exact) mass is 413 g/mol. The van der Waals surface area contributed by atoms with Gasteiger partial charge in [-0.05, 0) is 30.3 Å². The van der Waals surface area contributed by atoms with Crippen molar-refractivity contribution in [1.82, 2.24) is 0 Å². The van der Waals surface area contributed by atoms with Crippen LogP contribution < -0.4 is 14.8 Å². The maximum atomic E-state index is 13.1. The Hall–Kier alpha value is -4.06. The number of hydrogen-bond donors (Lipinski definition) is 1. The summed E-state index contributed by atoms with van der Waals surface area (Å²) in [5.41, 5.74) is 2.11. The fourth-order valence-corrected chi connectivity index (χ4v) is 3.59. The molecule has 0 fully saturated rings. The number of anilines is 1. The molecular formula is C25H19NO5. The average molecular weight is 413 g/mol. The third kappa shape index (κ3) is 3.64. The summed E-state index contributed by atoms with van der Waals surface area (Å²) in [6, 6.07) is 21.4. The van der Waals surface area contributed by atoms with Crippen LogP contribution in [0.25, 0.3) is 11.0 Å². The van der Waals surface area contributed by atoms with E-state index >= 15 is 0 Å². The van der Waals surface area contributed by atoms with E-state index in [1.54, 1.807) is 48.5 Å². The van der Waals surface area contributed by atoms with Gasteiger partial charge in [0, 0.05) is 16.5 Å². The van der Waals surface area contributed by atoms with Crippen LogP contribution in [0.5, 0.6) is 11.5 Å². The number of carbonyl (C=O) groups excluding carboxylic acids is 2. The van der Waals surface area contributed by atoms with Gasteiger partial charge in [-0.1, -0.05) is 42.5 Å². The Balaban J connectivity index is 1.43. The summed E-state index contributed by atoms with van der Waals surface area (Å²) in [6.07, 6.45) is 0. The first-order chi connectivity index (χ1) is 15.2. The summed E-state index contributed by atoms with van der Waals surface area (Å²) in [4.78, 5) is 25.9. The van der Waals surface area contributed by atoms with Crippen LogP contribution >= 0.6 is 0 Å². The number of furan rings is 1. The standard InChI is InChI=1S/C25H19NO5/c27-19(17-10-11-21-22(14-17)30-13-12-29-21)15-26-23-18-8-4-5-9-20(18)31-25(23)24(28)16-6-2-1-3-7-16/h1-11,14,26H,12-13,15H2. The lowest BCUT2D eigenvalue weighted by molar-refractivity contribution is 0.0996. The van der Waals surface area contributed by atoms with Crippen molar-refractivity contribution in [1.29, 1.82) is 0 Å². The molecular weight excluding hydrogens is 394 g/mol. The lowest BCUT2D eigenvalue weighted by Gasteiger charge is -2.18. The average Bonchev–Trinajstić information content (AvgIpc) is 3.20. The maximum absolute atomic E-state index is 13.1. The molecule has 6 heteroatoms. The molecule has 5 rings (SSSR count). The van der Waals surface area contributed by atoms with Crippen molar-refractivity contribution >= 4 is 28.2 Å². The fourth-order valence-electron chi connectivity index (χ4n) is 3.59. The van der Waals surface area contributed by atoms with Crippen molar-refractivity contribution in [3.8, 4) is 11.5 Å². The summed E-state index contributed by atoms with van der Waals surface area (Å²) in [5, 5.41) is 3.88. The summed E-state index contributed by atoms with van der Waals surface area (Å²) in [6.45, 7) is 0.945. The van der Waals surface area contributed by atoms with Gasteiger partial charge in [0.2, 0.25) is 5.78 Å². The molecule has 0 radical (unpaired) electrons. The van der Waals surface area contributed by atoms with Crippen LogP contribution in [0.2, 0.25) is 0 Å². The van der Waals surface area contributed by atoms with Gasteiger partial charge in [-0.25, -0.2) is 0 Å². The zero-order chi connectivity index (χ0) is 21.2. The van der Waals surface area contributed by atoms with Gasteiger partial charge in [-0.3, -0.25) is 9.59 Å². The smallest absolute Gasteiger partial charge is 0.230 e. The number of rotatable bonds is 6. The molecule has 1 aromatic heterocycles. The third-order valence-corrected chi connectivity index (χ3v) is 5.13. The van der Waals surface area contributed by atoms with Gasteiger partial charge >= 0.3 is 0 Å². The molecule has 0 bridgehead atoms. The van der Waals surface area contributed by atoms with E-state index in [9.17, 15) is 9.59 Å². The molecule has 6 nitrogen and oxygen atoms in total. The number of para-hydroxylation sites is 1. The van der Waals surface area contributed by atoms with Crippen molar-refractivity contribution in [2.45, 2.75) is 0 Å². The van der Waals surface area contributed by atoms with Crippen molar-refractivity contribution in [2.24, 2.45) is 0 Å². The van der Waals surface area contributed by atoms with Gasteiger partial charge in [-0.15, -0.1) is 0 Å². The Morgan fingerprint density at radius 1 is 0.806 bits per heavy atom. The highest BCUT2D eigenvalue weighted by atomic mass is 16.6. The third-order valence-electron chi connectivity index (χ3n) is 5.13. The van der Waals surface area contributed by atoms with Crippen molar-refractivity contribution in [3.05, 3.63) is 89.7 Å². The van der Waals surface area contributed by atoms with Crippen LogP contribution in [0.1, 0.15) is 26.5 Å². The minimum Gasteiger partial charge on any atom is -0.486 e. The molecule has 0 aliphatic carbocycles. The van der Waals surface area contributed by atoms with Crippen LogP contribution in [0.4, 0.5) is 5.69 Å². The second-order valence-corrected chi connectivity index (χ2v) is 7.13. The van der Waals surface area contributed by atoms with Crippen molar-refractivity contribution in [3.63, 3.8) is 0 Å². The molecule has 154 valence electrons. The Morgan fingerprint density at radius 3 is 2.39 bits per heavy atom. The van der Waals surface area contributed by atoms with E-state index in [0.717, 1.165) is 5.39 Å². The zero-order valence-corrected chi connectivity index (χ0v) is 16.6. The molecule has 1 N–H and O–H groups in total. The highest BCUT2D eigenvalue weighted by molar-refractivity contribution is 6.15. The van der Waals surface area contributed by atoms with Crippen LogP contribution in [-0.2, 0) is 0 Å². The quantitative estimate of drug-likeness (QED) is 0.461. The number of carbonyl (C=O) groups is 2. The number of ether oxygens (including phenoxy) is 2. The Morgan fingerprint density at radius 2 is 1.55 bits per heavy atom. The largest absolute Gasteiger partial charge is 0.486 e. The molecule has 2 heterocycles. The Kier molecular flexibility index (Phi) is 4.88. The summed E-state index contributed by atoms with van der Waals surface area (Å²) < 4.78 is 16.9. The summed E-state index contributed by atoms with van der Waals surface area (Å²) in [7, 11) is 0. The number of hydrogen-bond acceptors (Lipinski definition) is 6. The number of benzene rings is 3. The van der Waals surface area contributed by atoms with E-state index in [1.807, 2.05) is 24.3 Å². The Labute approximate surface area is 178 Å². The van der Waals surface area contributed by atoms with Gasteiger partial charge in [0.15, 0.2) is 23.0 Å². The van der Waals surface area contributed by atoms with E-state index in [0.29, 0.717) is 47.1 Å². The topological polar surface area (TPSA) is 77.8 Å². The summed E-state index contributed by atoms with van der Waals surface area (Å²) >= 11 is 0. The molecule has 0 amide bonds. The van der Waals surface area contributed by atoms with Crippen LogP contribution in [0.15, 0.2) is 77.2 Å². The normalized spacial score (nSPS) is 12.5. The maximum Gasteiger partial charge on any atom is 0.230 e. The predicted molar refractivity (Wildman–Crippen MR) is 116 cm³/mol. The van der Waals surface area contributed by atoms with Gasteiger partial charge < -0.3 is 19.2 Å². The first-order valence-corrected chi connectivity index (χ1v) is 9.99. The lowest BCUT2D eigenvalue weighted by Crippen LogP contribution is -2.18. The van der Waals surface area contributed by atoms with Crippen LogP contribution in [-0.4, -0.2) is 31.3 Å². The molecule has 0 spiro atoms. The number of Topliss-reactive ketones (excluding diaryl/α,β-unsaturated/α-hetero) is 1. The van der Waals surface area contributed by atoms with E-state index in [4.69, 9.17) is 13.9 Å². The minimum atomic E-state index is -0.244. The molecule has 0 saturated carbocycles. The molecule has 0 unspecified atom stereocenters. The van der Waals surface area contributed by atoms with Gasteiger partial charge in [-0.2, -0.15) is 0 Å². The van der Waals surface area contributed by atoms with Gasteiger partial charge in [0.1, 0.15) is 18.8 Å². The Bertz CT molecular complexity index is 1280. The van der Waals surface area contributed by atoms with Crippen molar-refractivity contribution < 1.29 is 23.5 Å². The number of ketones is 2. The van der Waals surface area contributed by atoms with Crippen molar-refractivity contribution in [2.75, 3.05) is 25.1 Å².